The third-order valence-corrected chi connectivity index (χ3v) is 3.37. The van der Waals surface area contributed by atoms with Crippen LogP contribution in [0.2, 0.25) is 0 Å². The van der Waals surface area contributed by atoms with Crippen LogP contribution in [0.3, 0.4) is 0 Å². The van der Waals surface area contributed by atoms with E-state index in [1.165, 1.54) is 6.07 Å². The van der Waals surface area contributed by atoms with Gasteiger partial charge in [-0.3, -0.25) is 4.90 Å². The van der Waals surface area contributed by atoms with Crippen molar-refractivity contribution in [2.75, 3.05) is 38.0 Å². The predicted octanol–water partition coefficient (Wildman–Crippen LogP) is 2.52. The molecule has 1 fully saturated rings. The van der Waals surface area contributed by atoms with Crippen LogP contribution in [0.5, 0.6) is 0 Å². The van der Waals surface area contributed by atoms with E-state index in [4.69, 9.17) is 0 Å². The van der Waals surface area contributed by atoms with Gasteiger partial charge in [-0.25, -0.2) is 13.6 Å². The maximum absolute atomic E-state index is 13.5. The van der Waals surface area contributed by atoms with Crippen LogP contribution in [-0.4, -0.2) is 48.6 Å². The SMILES string of the molecule is CCCN1CCN(C(=O)Nc2ccc(F)cc2F)CC1. The molecule has 0 radical (unpaired) electrons. The van der Waals surface area contributed by atoms with E-state index >= 15 is 0 Å². The highest BCUT2D eigenvalue weighted by Crippen LogP contribution is 2.16. The van der Waals surface area contributed by atoms with Crippen LogP contribution in [0.15, 0.2) is 18.2 Å². The Morgan fingerprint density at radius 1 is 1.25 bits per heavy atom. The summed E-state index contributed by atoms with van der Waals surface area (Å²) in [5, 5.41) is 2.48. The number of rotatable bonds is 3. The molecule has 0 bridgehead atoms. The fourth-order valence-corrected chi connectivity index (χ4v) is 2.28. The van der Waals surface area contributed by atoms with Gasteiger partial charge in [-0.2, -0.15) is 0 Å². The van der Waals surface area contributed by atoms with E-state index in [2.05, 4.69) is 17.1 Å². The van der Waals surface area contributed by atoms with Crippen molar-refractivity contribution < 1.29 is 13.6 Å². The first-order valence-corrected chi connectivity index (χ1v) is 6.83. The fourth-order valence-electron chi connectivity index (χ4n) is 2.28. The number of nitrogens with zero attached hydrogens (tertiary/aromatic N) is 2. The first-order chi connectivity index (χ1) is 9.60. The minimum atomic E-state index is -0.761. The van der Waals surface area contributed by atoms with E-state index in [0.717, 1.165) is 38.2 Å². The van der Waals surface area contributed by atoms with Crippen molar-refractivity contribution >= 4 is 11.7 Å². The zero-order chi connectivity index (χ0) is 14.5. The Kier molecular flexibility index (Phi) is 4.89. The molecule has 0 atom stereocenters. The van der Waals surface area contributed by atoms with Gasteiger partial charge in [-0.05, 0) is 25.1 Å². The molecule has 0 aromatic heterocycles. The monoisotopic (exact) mass is 283 g/mol. The second-order valence-electron chi connectivity index (χ2n) is 4.88. The van der Waals surface area contributed by atoms with Crippen molar-refractivity contribution in [3.63, 3.8) is 0 Å². The molecule has 110 valence electrons. The summed E-state index contributed by atoms with van der Waals surface area (Å²) in [4.78, 5) is 15.9. The van der Waals surface area contributed by atoms with Crippen molar-refractivity contribution in [3.05, 3.63) is 29.8 Å². The topological polar surface area (TPSA) is 35.6 Å². The average Bonchev–Trinajstić information content (AvgIpc) is 2.43. The molecule has 1 saturated heterocycles. The molecule has 2 amide bonds. The standard InChI is InChI=1S/C14H19F2N3O/c1-2-5-18-6-8-19(9-7-18)14(20)17-13-4-3-11(15)10-12(13)16/h3-4,10H,2,5-9H2,1H3,(H,17,20). The molecule has 0 unspecified atom stereocenters. The van der Waals surface area contributed by atoms with E-state index in [1.807, 2.05) is 0 Å². The summed E-state index contributed by atoms with van der Waals surface area (Å²) < 4.78 is 26.2. The summed E-state index contributed by atoms with van der Waals surface area (Å²) in [6.07, 6.45) is 1.09. The predicted molar refractivity (Wildman–Crippen MR) is 73.7 cm³/mol. The van der Waals surface area contributed by atoms with Gasteiger partial charge >= 0.3 is 6.03 Å². The number of anilines is 1. The number of nitrogens with one attached hydrogen (secondary N) is 1. The van der Waals surface area contributed by atoms with Gasteiger partial charge in [0.05, 0.1) is 5.69 Å². The maximum Gasteiger partial charge on any atom is 0.322 e. The molecular formula is C14H19F2N3O. The van der Waals surface area contributed by atoms with Crippen LogP contribution in [0.4, 0.5) is 19.3 Å². The summed E-state index contributed by atoms with van der Waals surface area (Å²) in [5.41, 5.74) is 0.00684. The van der Waals surface area contributed by atoms with Gasteiger partial charge in [0, 0.05) is 32.2 Å². The van der Waals surface area contributed by atoms with Crippen molar-refractivity contribution in [2.45, 2.75) is 13.3 Å². The summed E-state index contributed by atoms with van der Waals surface area (Å²) in [5.74, 6) is -1.42. The minimum absolute atomic E-state index is 0.00684. The Morgan fingerprint density at radius 2 is 1.95 bits per heavy atom. The van der Waals surface area contributed by atoms with Crippen molar-refractivity contribution in [1.82, 2.24) is 9.80 Å². The van der Waals surface area contributed by atoms with Gasteiger partial charge in [0.2, 0.25) is 0 Å². The molecule has 1 aromatic carbocycles. The molecule has 1 aliphatic heterocycles. The average molecular weight is 283 g/mol. The number of amides is 2. The number of halogens is 2. The number of benzene rings is 1. The van der Waals surface area contributed by atoms with Gasteiger partial charge in [0.15, 0.2) is 0 Å². The second-order valence-corrected chi connectivity index (χ2v) is 4.88. The molecule has 0 aliphatic carbocycles. The van der Waals surface area contributed by atoms with Gasteiger partial charge < -0.3 is 10.2 Å². The normalized spacial score (nSPS) is 16.2. The lowest BCUT2D eigenvalue weighted by atomic mass is 10.3. The molecule has 1 heterocycles. The van der Waals surface area contributed by atoms with Gasteiger partial charge in [-0.15, -0.1) is 0 Å². The Labute approximate surface area is 117 Å². The molecule has 2 rings (SSSR count). The van der Waals surface area contributed by atoms with Crippen LogP contribution in [0, 0.1) is 11.6 Å². The number of urea groups is 1. The Bertz CT molecular complexity index is 473. The highest BCUT2D eigenvalue weighted by atomic mass is 19.1. The first-order valence-electron chi connectivity index (χ1n) is 6.83. The maximum atomic E-state index is 13.5. The molecule has 20 heavy (non-hydrogen) atoms. The molecule has 0 saturated carbocycles. The van der Waals surface area contributed by atoms with Crippen LogP contribution in [0.25, 0.3) is 0 Å². The Morgan fingerprint density at radius 3 is 2.55 bits per heavy atom. The van der Waals surface area contributed by atoms with Crippen LogP contribution >= 0.6 is 0 Å². The zero-order valence-corrected chi connectivity index (χ0v) is 11.5. The molecule has 1 aromatic rings. The summed E-state index contributed by atoms with van der Waals surface area (Å²) in [6, 6.07) is 2.77. The van der Waals surface area contributed by atoms with E-state index in [0.29, 0.717) is 13.1 Å². The summed E-state index contributed by atoms with van der Waals surface area (Å²) >= 11 is 0. The zero-order valence-electron chi connectivity index (χ0n) is 11.5. The van der Waals surface area contributed by atoms with Crippen LogP contribution in [0.1, 0.15) is 13.3 Å². The van der Waals surface area contributed by atoms with E-state index in [9.17, 15) is 13.6 Å². The number of hydrogen-bond donors (Lipinski definition) is 1. The highest BCUT2D eigenvalue weighted by Gasteiger charge is 2.21. The lowest BCUT2D eigenvalue weighted by molar-refractivity contribution is 0.147. The second kappa shape index (κ2) is 6.65. The van der Waals surface area contributed by atoms with Gasteiger partial charge in [0.25, 0.3) is 0 Å². The molecule has 6 heteroatoms. The number of piperazine rings is 1. The molecule has 4 nitrogen and oxygen atoms in total. The molecule has 1 aliphatic rings. The number of hydrogen-bond acceptors (Lipinski definition) is 2. The largest absolute Gasteiger partial charge is 0.322 e. The van der Waals surface area contributed by atoms with Crippen molar-refractivity contribution in [2.24, 2.45) is 0 Å². The third kappa shape index (κ3) is 3.66. The van der Waals surface area contributed by atoms with Crippen molar-refractivity contribution in [3.8, 4) is 0 Å². The van der Waals surface area contributed by atoms with E-state index in [-0.39, 0.29) is 11.7 Å². The van der Waals surface area contributed by atoms with Crippen molar-refractivity contribution in [1.29, 1.82) is 0 Å². The highest BCUT2D eigenvalue weighted by molar-refractivity contribution is 5.89. The summed E-state index contributed by atoms with van der Waals surface area (Å²) in [6.45, 7) is 6.04. The number of carbonyl (C=O) groups is 1. The quantitative estimate of drug-likeness (QED) is 0.925. The molecule has 1 N–H and O–H groups in total. The summed E-state index contributed by atoms with van der Waals surface area (Å²) in [7, 11) is 0. The van der Waals surface area contributed by atoms with Gasteiger partial charge in [-0.1, -0.05) is 6.92 Å². The first kappa shape index (κ1) is 14.7. The lowest BCUT2D eigenvalue weighted by Gasteiger charge is -2.34. The van der Waals surface area contributed by atoms with Crippen LogP contribution in [-0.2, 0) is 0 Å². The van der Waals surface area contributed by atoms with Gasteiger partial charge in [0.1, 0.15) is 11.6 Å². The van der Waals surface area contributed by atoms with E-state index in [1.54, 1.807) is 4.90 Å². The smallest absolute Gasteiger partial charge is 0.322 e. The number of carbonyl (C=O) groups excluding carboxylic acids is 1. The van der Waals surface area contributed by atoms with E-state index < -0.39 is 11.6 Å². The Balaban J connectivity index is 1.89. The third-order valence-electron chi connectivity index (χ3n) is 3.37. The fraction of sp³-hybridized carbons (Fsp3) is 0.500. The minimum Gasteiger partial charge on any atom is -0.322 e. The molecule has 0 spiro atoms. The molecular weight excluding hydrogens is 264 g/mol. The Hall–Kier alpha value is -1.69. The lowest BCUT2D eigenvalue weighted by Crippen LogP contribution is -2.50. The van der Waals surface area contributed by atoms with Crippen LogP contribution < -0.4 is 5.32 Å².